The van der Waals surface area contributed by atoms with Crippen LogP contribution in [-0.4, -0.2) is 33.4 Å². The summed E-state index contributed by atoms with van der Waals surface area (Å²) in [5.74, 6) is 0.330. The molecule has 0 aliphatic carbocycles. The van der Waals surface area contributed by atoms with Crippen molar-refractivity contribution in [1.82, 2.24) is 10.3 Å². The number of carbonyl (C=O) groups is 1. The summed E-state index contributed by atoms with van der Waals surface area (Å²) in [6, 6.07) is 7.70. The predicted octanol–water partition coefficient (Wildman–Crippen LogP) is 1.49. The molecule has 9 heteroatoms. The molecule has 0 spiro atoms. The van der Waals surface area contributed by atoms with Gasteiger partial charge in [0.2, 0.25) is 10.0 Å². The number of primary sulfonamides is 1. The van der Waals surface area contributed by atoms with Crippen LogP contribution in [0.4, 0.5) is 5.82 Å². The van der Waals surface area contributed by atoms with Crippen molar-refractivity contribution in [2.45, 2.75) is 11.4 Å². The van der Waals surface area contributed by atoms with Crippen molar-refractivity contribution in [3.8, 4) is 0 Å². The Morgan fingerprint density at radius 3 is 2.67 bits per heavy atom. The van der Waals surface area contributed by atoms with E-state index in [0.717, 1.165) is 11.4 Å². The van der Waals surface area contributed by atoms with Crippen molar-refractivity contribution in [2.75, 3.05) is 19.0 Å². The average Bonchev–Trinajstić information content (AvgIpc) is 2.52. The summed E-state index contributed by atoms with van der Waals surface area (Å²) in [7, 11) is -0.156. The van der Waals surface area contributed by atoms with E-state index < -0.39 is 15.9 Å². The Morgan fingerprint density at radius 1 is 1.33 bits per heavy atom. The zero-order valence-electron chi connectivity index (χ0n) is 13.2. The molecule has 0 bridgehead atoms. The van der Waals surface area contributed by atoms with Crippen LogP contribution in [-0.2, 0) is 16.6 Å². The smallest absolute Gasteiger partial charge is 0.252 e. The van der Waals surface area contributed by atoms with Crippen LogP contribution >= 0.6 is 15.9 Å². The fraction of sp³-hybridized carbons (Fsp3) is 0.200. The second kappa shape index (κ2) is 7.29. The summed E-state index contributed by atoms with van der Waals surface area (Å²) in [6.07, 6.45) is 1.67. The van der Waals surface area contributed by atoms with E-state index in [1.807, 2.05) is 25.1 Å². The molecule has 1 amide bonds. The zero-order valence-corrected chi connectivity index (χ0v) is 15.6. The first-order chi connectivity index (χ1) is 11.2. The lowest BCUT2D eigenvalue weighted by molar-refractivity contribution is 0.0950. The molecule has 0 radical (unpaired) electrons. The Morgan fingerprint density at radius 2 is 2.04 bits per heavy atom. The maximum atomic E-state index is 12.4. The Bertz CT molecular complexity index is 869. The summed E-state index contributed by atoms with van der Waals surface area (Å²) in [5, 5.41) is 7.86. The molecule has 7 nitrogen and oxygen atoms in total. The maximum absolute atomic E-state index is 12.4. The first-order valence-corrected chi connectivity index (χ1v) is 9.26. The molecule has 0 fully saturated rings. The lowest BCUT2D eigenvalue weighted by Gasteiger charge is -2.16. The summed E-state index contributed by atoms with van der Waals surface area (Å²) in [6.45, 7) is 0.256. The molecule has 0 aliphatic rings. The van der Waals surface area contributed by atoms with Gasteiger partial charge in [-0.1, -0.05) is 6.07 Å². The Labute approximate surface area is 149 Å². The van der Waals surface area contributed by atoms with Crippen molar-refractivity contribution in [3.05, 3.63) is 52.1 Å². The van der Waals surface area contributed by atoms with Gasteiger partial charge >= 0.3 is 0 Å². The number of amides is 1. The van der Waals surface area contributed by atoms with Crippen molar-refractivity contribution in [2.24, 2.45) is 5.14 Å². The van der Waals surface area contributed by atoms with Crippen LogP contribution < -0.4 is 15.4 Å². The molecule has 0 aliphatic heterocycles. The fourth-order valence-electron chi connectivity index (χ4n) is 2.10. The third-order valence-corrected chi connectivity index (χ3v) is 4.84. The van der Waals surface area contributed by atoms with Gasteiger partial charge in [-0.2, -0.15) is 0 Å². The number of halogens is 1. The van der Waals surface area contributed by atoms with Gasteiger partial charge in [-0.05, 0) is 40.2 Å². The van der Waals surface area contributed by atoms with E-state index in [2.05, 4.69) is 26.2 Å². The molecule has 1 aromatic carbocycles. The summed E-state index contributed by atoms with van der Waals surface area (Å²) in [4.78, 5) is 18.4. The quantitative estimate of drug-likeness (QED) is 0.773. The minimum atomic E-state index is -3.88. The minimum Gasteiger partial charge on any atom is -0.362 e. The molecule has 1 aromatic heterocycles. The standard InChI is InChI=1S/C15H17BrN4O3S/c1-20(2)14-10(4-3-7-18-14)9-19-15(21)12-8-11(24(17,22)23)5-6-13(12)16/h3-8H,9H2,1-2H3,(H,19,21)(H2,17,22,23). The predicted molar refractivity (Wildman–Crippen MR) is 95.2 cm³/mol. The third-order valence-electron chi connectivity index (χ3n) is 3.24. The minimum absolute atomic E-state index is 0.119. The van der Waals surface area contributed by atoms with Crippen LogP contribution in [0.2, 0.25) is 0 Å². The van der Waals surface area contributed by atoms with Crippen molar-refractivity contribution in [3.63, 3.8) is 0 Å². The third kappa shape index (κ3) is 4.31. The number of nitrogens with one attached hydrogen (secondary N) is 1. The number of hydrogen-bond donors (Lipinski definition) is 2. The number of rotatable bonds is 5. The van der Waals surface area contributed by atoms with Crippen LogP contribution in [0.25, 0.3) is 0 Å². The largest absolute Gasteiger partial charge is 0.362 e. The van der Waals surface area contributed by atoms with E-state index in [0.29, 0.717) is 4.47 Å². The normalized spacial score (nSPS) is 11.2. The van der Waals surface area contributed by atoms with E-state index in [4.69, 9.17) is 5.14 Å². The highest BCUT2D eigenvalue weighted by Gasteiger charge is 2.16. The van der Waals surface area contributed by atoms with E-state index in [-0.39, 0.29) is 17.0 Å². The number of carbonyl (C=O) groups excluding carboxylic acids is 1. The molecule has 0 unspecified atom stereocenters. The van der Waals surface area contributed by atoms with E-state index in [1.54, 1.807) is 12.3 Å². The van der Waals surface area contributed by atoms with Gasteiger partial charge in [0.05, 0.1) is 10.5 Å². The second-order valence-corrected chi connectivity index (χ2v) is 7.67. The van der Waals surface area contributed by atoms with Gasteiger partial charge in [-0.3, -0.25) is 4.79 Å². The van der Waals surface area contributed by atoms with Crippen LogP contribution in [0, 0.1) is 0 Å². The Hall–Kier alpha value is -1.97. The van der Waals surface area contributed by atoms with Crippen molar-refractivity contribution < 1.29 is 13.2 Å². The molecule has 0 saturated heterocycles. The number of nitrogens with zero attached hydrogens (tertiary/aromatic N) is 2. The molecular weight excluding hydrogens is 396 g/mol. The average molecular weight is 413 g/mol. The van der Waals surface area contributed by atoms with Gasteiger partial charge in [-0.25, -0.2) is 18.5 Å². The molecule has 24 heavy (non-hydrogen) atoms. The number of anilines is 1. The van der Waals surface area contributed by atoms with Gasteiger partial charge in [-0.15, -0.1) is 0 Å². The van der Waals surface area contributed by atoms with E-state index >= 15 is 0 Å². The molecule has 0 saturated carbocycles. The van der Waals surface area contributed by atoms with Crippen molar-refractivity contribution in [1.29, 1.82) is 0 Å². The number of nitrogens with two attached hydrogens (primary N) is 1. The van der Waals surface area contributed by atoms with Gasteiger partial charge in [0.25, 0.3) is 5.91 Å². The number of sulfonamides is 1. The summed E-state index contributed by atoms with van der Waals surface area (Å²) < 4.78 is 23.3. The topological polar surface area (TPSA) is 105 Å². The second-order valence-electron chi connectivity index (χ2n) is 5.25. The van der Waals surface area contributed by atoms with Gasteiger partial charge in [0, 0.05) is 36.9 Å². The number of hydrogen-bond acceptors (Lipinski definition) is 5. The number of benzene rings is 1. The van der Waals surface area contributed by atoms with E-state index in [9.17, 15) is 13.2 Å². The highest BCUT2D eigenvalue weighted by molar-refractivity contribution is 9.10. The number of pyridine rings is 1. The van der Waals surface area contributed by atoms with Crippen LogP contribution in [0.15, 0.2) is 45.9 Å². The van der Waals surface area contributed by atoms with E-state index in [1.165, 1.54) is 18.2 Å². The van der Waals surface area contributed by atoms with Gasteiger partial charge in [0.1, 0.15) is 5.82 Å². The van der Waals surface area contributed by atoms with Crippen LogP contribution in [0.5, 0.6) is 0 Å². The number of aromatic nitrogens is 1. The van der Waals surface area contributed by atoms with Crippen molar-refractivity contribution >= 4 is 37.7 Å². The summed E-state index contributed by atoms with van der Waals surface area (Å²) >= 11 is 3.24. The highest BCUT2D eigenvalue weighted by Crippen LogP contribution is 2.21. The fourth-order valence-corrected chi connectivity index (χ4v) is 3.06. The lowest BCUT2D eigenvalue weighted by atomic mass is 10.2. The SMILES string of the molecule is CN(C)c1ncccc1CNC(=O)c1cc(S(N)(=O)=O)ccc1Br. The lowest BCUT2D eigenvalue weighted by Crippen LogP contribution is -2.25. The van der Waals surface area contributed by atoms with Crippen LogP contribution in [0.3, 0.4) is 0 Å². The molecular formula is C15H17BrN4O3S. The van der Waals surface area contributed by atoms with Crippen LogP contribution in [0.1, 0.15) is 15.9 Å². The first kappa shape index (κ1) is 18.4. The Balaban J connectivity index is 2.23. The monoisotopic (exact) mass is 412 g/mol. The highest BCUT2D eigenvalue weighted by atomic mass is 79.9. The maximum Gasteiger partial charge on any atom is 0.252 e. The molecule has 128 valence electrons. The van der Waals surface area contributed by atoms with Gasteiger partial charge < -0.3 is 10.2 Å². The van der Waals surface area contributed by atoms with Gasteiger partial charge in [0.15, 0.2) is 0 Å². The first-order valence-electron chi connectivity index (χ1n) is 6.92. The molecule has 1 heterocycles. The molecule has 3 N–H and O–H groups in total. The zero-order chi connectivity index (χ0) is 17.9. The molecule has 2 rings (SSSR count). The molecule has 2 aromatic rings. The Kier molecular flexibility index (Phi) is 5.58. The molecule has 0 atom stereocenters. The summed E-state index contributed by atoms with van der Waals surface area (Å²) in [5.41, 5.74) is 1.03.